The van der Waals surface area contributed by atoms with Gasteiger partial charge in [0.2, 0.25) is 0 Å². The van der Waals surface area contributed by atoms with Crippen molar-refractivity contribution in [2.45, 2.75) is 122 Å². The maximum absolute atomic E-state index is 2.57. The number of hydrogen-bond acceptors (Lipinski definition) is 0. The summed E-state index contributed by atoms with van der Waals surface area (Å²) in [6.45, 7) is 2.57. The fourth-order valence-electron chi connectivity index (χ4n) is 5.14. The van der Waals surface area contributed by atoms with Crippen molar-refractivity contribution in [3.63, 3.8) is 0 Å². The fourth-order valence-corrected chi connectivity index (χ4v) is 5.14. The first-order valence-corrected chi connectivity index (χ1v) is 10.8. The van der Waals surface area contributed by atoms with Crippen molar-refractivity contribution in [3.05, 3.63) is 0 Å². The zero-order valence-electron chi connectivity index (χ0n) is 15.5. The smallest absolute Gasteiger partial charge is 0.0412 e. The molecule has 0 saturated heterocycles. The molecule has 2 aliphatic carbocycles. The Labute approximate surface area is 140 Å². The summed E-state index contributed by atoms with van der Waals surface area (Å²) >= 11 is 0. The Morgan fingerprint density at radius 1 is 0.500 bits per heavy atom. The molecule has 0 aliphatic heterocycles. The minimum atomic E-state index is 0.983. The van der Waals surface area contributed by atoms with Gasteiger partial charge in [0.15, 0.2) is 0 Å². The van der Waals surface area contributed by atoms with Crippen LogP contribution in [-0.2, 0) is 0 Å². The van der Waals surface area contributed by atoms with E-state index in [1.54, 1.807) is 0 Å². The summed E-state index contributed by atoms with van der Waals surface area (Å²) in [5.74, 6) is 3.10. The van der Waals surface area contributed by atoms with Crippen molar-refractivity contribution in [2.24, 2.45) is 17.8 Å². The highest BCUT2D eigenvalue weighted by Crippen LogP contribution is 2.32. The molecule has 2 rings (SSSR count). The third-order valence-electron chi connectivity index (χ3n) is 6.42. The lowest BCUT2D eigenvalue weighted by Gasteiger charge is -2.25. The van der Waals surface area contributed by atoms with E-state index in [9.17, 15) is 0 Å². The third kappa shape index (κ3) is 8.02. The van der Waals surface area contributed by atoms with Gasteiger partial charge in [-0.05, 0) is 30.6 Å². The van der Waals surface area contributed by atoms with E-state index >= 15 is 0 Å². The zero-order valence-corrected chi connectivity index (χ0v) is 15.5. The quantitative estimate of drug-likeness (QED) is 0.495. The lowest BCUT2D eigenvalue weighted by Crippen LogP contribution is -2.12. The highest BCUT2D eigenvalue weighted by molar-refractivity contribution is 4.71. The monoisotopic (exact) mass is 306 g/mol. The molecule has 130 valence electrons. The van der Waals surface area contributed by atoms with Gasteiger partial charge in [0.1, 0.15) is 0 Å². The van der Waals surface area contributed by atoms with E-state index in [-0.39, 0.29) is 0 Å². The lowest BCUT2D eigenvalue weighted by atomic mass is 9.81. The molecule has 0 radical (unpaired) electrons. The van der Waals surface area contributed by atoms with Crippen LogP contribution in [0.2, 0.25) is 0 Å². The Morgan fingerprint density at radius 3 is 1.09 bits per heavy atom. The molecule has 2 saturated carbocycles. The standard InChI is InChI=1S/C22H42/c1-20(18-21-14-10-6-2-3-7-11-15-21)19-22-16-12-8-4-5-9-13-17-22/h20-22H,2-19H2,1H3. The lowest BCUT2D eigenvalue weighted by molar-refractivity contribution is 0.275. The summed E-state index contributed by atoms with van der Waals surface area (Å²) in [5, 5.41) is 0. The van der Waals surface area contributed by atoms with E-state index in [0.29, 0.717) is 0 Å². The van der Waals surface area contributed by atoms with Crippen molar-refractivity contribution in [1.29, 1.82) is 0 Å². The molecule has 0 bridgehead atoms. The predicted octanol–water partition coefficient (Wildman–Crippen LogP) is 7.90. The first kappa shape index (κ1) is 18.3. The second-order valence-electron chi connectivity index (χ2n) is 8.71. The van der Waals surface area contributed by atoms with Gasteiger partial charge in [0.05, 0.1) is 0 Å². The Kier molecular flexibility index (Phi) is 9.61. The van der Waals surface area contributed by atoms with E-state index in [1.807, 2.05) is 0 Å². The van der Waals surface area contributed by atoms with Gasteiger partial charge in [-0.15, -0.1) is 0 Å². The van der Waals surface area contributed by atoms with Gasteiger partial charge in [-0.25, -0.2) is 0 Å². The normalized spacial score (nSPS) is 24.8. The second kappa shape index (κ2) is 11.5. The molecule has 0 amide bonds. The van der Waals surface area contributed by atoms with Gasteiger partial charge in [-0.2, -0.15) is 0 Å². The summed E-state index contributed by atoms with van der Waals surface area (Å²) < 4.78 is 0. The van der Waals surface area contributed by atoms with Crippen LogP contribution in [0.15, 0.2) is 0 Å². The molecule has 0 nitrogen and oxygen atoms in total. The SMILES string of the molecule is CC(CC1CCCCCCCC1)CC1CCCCCCCC1. The molecule has 0 heteroatoms. The highest BCUT2D eigenvalue weighted by Gasteiger charge is 2.18. The van der Waals surface area contributed by atoms with Crippen LogP contribution < -0.4 is 0 Å². The van der Waals surface area contributed by atoms with E-state index < -0.39 is 0 Å². The summed E-state index contributed by atoms with van der Waals surface area (Å²) in [7, 11) is 0. The first-order valence-electron chi connectivity index (χ1n) is 10.8. The van der Waals surface area contributed by atoms with Crippen molar-refractivity contribution >= 4 is 0 Å². The van der Waals surface area contributed by atoms with Gasteiger partial charge in [0, 0.05) is 0 Å². The maximum Gasteiger partial charge on any atom is -0.0412 e. The van der Waals surface area contributed by atoms with Gasteiger partial charge in [0.25, 0.3) is 0 Å². The predicted molar refractivity (Wildman–Crippen MR) is 99.3 cm³/mol. The van der Waals surface area contributed by atoms with Gasteiger partial charge >= 0.3 is 0 Å². The van der Waals surface area contributed by atoms with E-state index in [2.05, 4.69) is 6.92 Å². The van der Waals surface area contributed by atoms with Crippen molar-refractivity contribution in [2.75, 3.05) is 0 Å². The van der Waals surface area contributed by atoms with E-state index in [0.717, 1.165) is 17.8 Å². The molecule has 2 aliphatic rings. The van der Waals surface area contributed by atoms with E-state index in [1.165, 1.54) is 116 Å². The van der Waals surface area contributed by atoms with Gasteiger partial charge < -0.3 is 0 Å². The minimum Gasteiger partial charge on any atom is -0.0625 e. The molecule has 0 N–H and O–H groups in total. The van der Waals surface area contributed by atoms with Crippen LogP contribution >= 0.6 is 0 Å². The average Bonchev–Trinajstić information content (AvgIpc) is 2.71. The number of rotatable bonds is 4. The summed E-state index contributed by atoms with van der Waals surface area (Å²) in [6, 6.07) is 0. The van der Waals surface area contributed by atoms with Crippen LogP contribution in [0.4, 0.5) is 0 Å². The fraction of sp³-hybridized carbons (Fsp3) is 1.00. The van der Waals surface area contributed by atoms with Crippen LogP contribution in [0.25, 0.3) is 0 Å². The Bertz CT molecular complexity index is 211. The molecular formula is C22H42. The first-order chi connectivity index (χ1) is 10.8. The summed E-state index contributed by atoms with van der Waals surface area (Å²) in [6.07, 6.45) is 27.3. The molecule has 0 unspecified atom stereocenters. The van der Waals surface area contributed by atoms with Crippen LogP contribution in [0.3, 0.4) is 0 Å². The van der Waals surface area contributed by atoms with Crippen LogP contribution in [-0.4, -0.2) is 0 Å². The largest absolute Gasteiger partial charge is 0.0625 e. The average molecular weight is 307 g/mol. The van der Waals surface area contributed by atoms with Crippen LogP contribution in [0, 0.1) is 17.8 Å². The molecule has 0 heterocycles. The summed E-state index contributed by atoms with van der Waals surface area (Å²) in [4.78, 5) is 0. The highest BCUT2D eigenvalue weighted by atomic mass is 14.2. The Balaban J connectivity index is 1.70. The van der Waals surface area contributed by atoms with E-state index in [4.69, 9.17) is 0 Å². The number of hydrogen-bond donors (Lipinski definition) is 0. The molecule has 22 heavy (non-hydrogen) atoms. The molecule has 0 spiro atoms. The molecule has 0 aromatic carbocycles. The molecule has 2 fully saturated rings. The maximum atomic E-state index is 2.57. The molecular weight excluding hydrogens is 264 g/mol. The van der Waals surface area contributed by atoms with Crippen molar-refractivity contribution < 1.29 is 0 Å². The van der Waals surface area contributed by atoms with Crippen LogP contribution in [0.5, 0.6) is 0 Å². The second-order valence-corrected chi connectivity index (χ2v) is 8.71. The Hall–Kier alpha value is 0. The van der Waals surface area contributed by atoms with Crippen molar-refractivity contribution in [3.8, 4) is 0 Å². The minimum absolute atomic E-state index is 0.983. The topological polar surface area (TPSA) is 0 Å². The third-order valence-corrected chi connectivity index (χ3v) is 6.42. The molecule has 0 aromatic heterocycles. The van der Waals surface area contributed by atoms with Gasteiger partial charge in [-0.1, -0.05) is 110 Å². The van der Waals surface area contributed by atoms with Crippen molar-refractivity contribution in [1.82, 2.24) is 0 Å². The zero-order chi connectivity index (χ0) is 15.5. The molecule has 0 atom stereocenters. The summed E-state index contributed by atoms with van der Waals surface area (Å²) in [5.41, 5.74) is 0. The molecule has 0 aromatic rings. The van der Waals surface area contributed by atoms with Crippen LogP contribution in [0.1, 0.15) is 122 Å². The van der Waals surface area contributed by atoms with Gasteiger partial charge in [-0.3, -0.25) is 0 Å². The Morgan fingerprint density at radius 2 is 0.773 bits per heavy atom.